The zero-order chi connectivity index (χ0) is 18.1. The summed E-state index contributed by atoms with van der Waals surface area (Å²) >= 11 is 0. The first-order valence-corrected chi connectivity index (χ1v) is 8.48. The van der Waals surface area contributed by atoms with Gasteiger partial charge in [0.15, 0.2) is 0 Å². The average Bonchev–Trinajstić information content (AvgIpc) is 2.79. The number of carbonyl (C=O) groups is 1. The highest BCUT2D eigenvalue weighted by Gasteiger charge is 2.31. The first-order chi connectivity index (χ1) is 11.0. The Balaban J connectivity index is 2.22. The Bertz CT molecular complexity index is 600. The third-order valence-corrected chi connectivity index (χ3v) is 3.79. The SMILES string of the molecule is CN(Cc1cccc2c1N(C(=O)OC(C)(C)C)CC2)CC(C)(C)O. The topological polar surface area (TPSA) is 53.0 Å². The summed E-state index contributed by atoms with van der Waals surface area (Å²) in [6.07, 6.45) is 0.552. The standard InChI is InChI=1S/C19H30N2O3/c1-18(2,3)24-17(22)21-11-10-14-8-7-9-15(16(14)21)12-20(6)13-19(4,5)23/h7-9,23H,10-13H2,1-6H3. The van der Waals surface area contributed by atoms with Crippen LogP contribution in [0.4, 0.5) is 10.5 Å². The molecule has 1 amide bonds. The van der Waals surface area contributed by atoms with E-state index >= 15 is 0 Å². The Morgan fingerprint density at radius 1 is 1.29 bits per heavy atom. The van der Waals surface area contributed by atoms with Gasteiger partial charge in [0.2, 0.25) is 0 Å². The van der Waals surface area contributed by atoms with Gasteiger partial charge in [-0.15, -0.1) is 0 Å². The van der Waals surface area contributed by atoms with Crippen molar-refractivity contribution < 1.29 is 14.6 Å². The van der Waals surface area contributed by atoms with E-state index in [-0.39, 0.29) is 6.09 Å². The number of rotatable bonds is 4. The number of para-hydroxylation sites is 1. The van der Waals surface area contributed by atoms with Gasteiger partial charge < -0.3 is 9.84 Å². The fraction of sp³-hybridized carbons (Fsp3) is 0.632. The van der Waals surface area contributed by atoms with Crippen molar-refractivity contribution in [3.8, 4) is 0 Å². The molecule has 134 valence electrons. The van der Waals surface area contributed by atoms with E-state index in [1.54, 1.807) is 18.7 Å². The molecule has 1 aromatic rings. The molecule has 1 aliphatic heterocycles. The summed E-state index contributed by atoms with van der Waals surface area (Å²) in [5.41, 5.74) is 1.97. The lowest BCUT2D eigenvalue weighted by Gasteiger charge is -2.28. The number of anilines is 1. The fourth-order valence-electron chi connectivity index (χ4n) is 3.17. The zero-order valence-electron chi connectivity index (χ0n) is 15.7. The van der Waals surface area contributed by atoms with E-state index in [4.69, 9.17) is 4.74 Å². The van der Waals surface area contributed by atoms with E-state index in [2.05, 4.69) is 11.0 Å². The molecule has 24 heavy (non-hydrogen) atoms. The summed E-state index contributed by atoms with van der Waals surface area (Å²) in [6.45, 7) is 11.1. The fourth-order valence-corrected chi connectivity index (χ4v) is 3.17. The molecule has 2 rings (SSSR count). The largest absolute Gasteiger partial charge is 0.443 e. The van der Waals surface area contributed by atoms with E-state index in [0.717, 1.165) is 17.7 Å². The van der Waals surface area contributed by atoms with E-state index in [1.807, 2.05) is 40.0 Å². The molecule has 0 aromatic heterocycles. The molecule has 0 fully saturated rings. The van der Waals surface area contributed by atoms with Crippen LogP contribution in [0, 0.1) is 0 Å². The third kappa shape index (κ3) is 4.95. The Hall–Kier alpha value is -1.59. The Labute approximate surface area is 145 Å². The number of fused-ring (bicyclic) bond motifs is 1. The molecular formula is C19H30N2O3. The van der Waals surface area contributed by atoms with Gasteiger partial charge in [0, 0.05) is 19.6 Å². The maximum absolute atomic E-state index is 12.5. The molecule has 0 radical (unpaired) electrons. The molecule has 1 N–H and O–H groups in total. The monoisotopic (exact) mass is 334 g/mol. The van der Waals surface area contributed by atoms with Crippen LogP contribution in [0.2, 0.25) is 0 Å². The first-order valence-electron chi connectivity index (χ1n) is 8.48. The predicted octanol–water partition coefficient (Wildman–Crippen LogP) is 3.19. The first kappa shape index (κ1) is 18.7. The Morgan fingerprint density at radius 2 is 1.96 bits per heavy atom. The number of hydrogen-bond donors (Lipinski definition) is 1. The molecule has 0 atom stereocenters. The second-order valence-corrected chi connectivity index (χ2v) is 8.29. The molecule has 0 saturated heterocycles. The van der Waals surface area contributed by atoms with E-state index in [1.165, 1.54) is 5.56 Å². The second-order valence-electron chi connectivity index (χ2n) is 8.29. The Kier molecular flexibility index (Phi) is 5.25. The average molecular weight is 334 g/mol. The summed E-state index contributed by atoms with van der Waals surface area (Å²) in [6, 6.07) is 6.15. The van der Waals surface area contributed by atoms with Crippen molar-refractivity contribution in [1.82, 2.24) is 4.90 Å². The number of amides is 1. The van der Waals surface area contributed by atoms with Crippen molar-refractivity contribution in [1.29, 1.82) is 0 Å². The van der Waals surface area contributed by atoms with Gasteiger partial charge in [0.1, 0.15) is 5.60 Å². The van der Waals surface area contributed by atoms with Crippen LogP contribution in [0.25, 0.3) is 0 Å². The van der Waals surface area contributed by atoms with Gasteiger partial charge in [0.25, 0.3) is 0 Å². The second kappa shape index (κ2) is 6.73. The van der Waals surface area contributed by atoms with Crippen LogP contribution in [-0.2, 0) is 17.7 Å². The van der Waals surface area contributed by atoms with Gasteiger partial charge in [-0.3, -0.25) is 9.80 Å². The zero-order valence-corrected chi connectivity index (χ0v) is 15.7. The molecule has 0 aliphatic carbocycles. The number of carbonyl (C=O) groups excluding carboxylic acids is 1. The molecule has 5 nitrogen and oxygen atoms in total. The van der Waals surface area contributed by atoms with Gasteiger partial charge in [-0.1, -0.05) is 18.2 Å². The molecule has 1 aromatic carbocycles. The van der Waals surface area contributed by atoms with Crippen molar-refractivity contribution >= 4 is 11.8 Å². The molecule has 1 aliphatic rings. The summed E-state index contributed by atoms with van der Waals surface area (Å²) in [5, 5.41) is 10.0. The van der Waals surface area contributed by atoms with Gasteiger partial charge in [-0.25, -0.2) is 4.79 Å². The lowest BCUT2D eigenvalue weighted by atomic mass is 10.1. The van der Waals surface area contributed by atoms with Crippen LogP contribution >= 0.6 is 0 Å². The smallest absolute Gasteiger partial charge is 0.414 e. The number of nitrogens with zero attached hydrogens (tertiary/aromatic N) is 2. The molecule has 0 spiro atoms. The summed E-state index contributed by atoms with van der Waals surface area (Å²) in [4.78, 5) is 16.4. The van der Waals surface area contributed by atoms with Crippen LogP contribution in [0.15, 0.2) is 18.2 Å². The van der Waals surface area contributed by atoms with Crippen LogP contribution in [0.5, 0.6) is 0 Å². The van der Waals surface area contributed by atoms with Crippen molar-refractivity contribution in [2.24, 2.45) is 0 Å². The summed E-state index contributed by atoms with van der Waals surface area (Å²) in [5.74, 6) is 0. The molecule has 0 unspecified atom stereocenters. The Morgan fingerprint density at radius 3 is 2.54 bits per heavy atom. The number of hydrogen-bond acceptors (Lipinski definition) is 4. The minimum absolute atomic E-state index is 0.293. The third-order valence-electron chi connectivity index (χ3n) is 3.79. The number of likely N-dealkylation sites (N-methyl/N-ethyl adjacent to an activating group) is 1. The van der Waals surface area contributed by atoms with E-state index < -0.39 is 11.2 Å². The van der Waals surface area contributed by atoms with Gasteiger partial charge in [-0.05, 0) is 59.2 Å². The highest BCUT2D eigenvalue weighted by atomic mass is 16.6. The quantitative estimate of drug-likeness (QED) is 0.919. The highest BCUT2D eigenvalue weighted by Crippen LogP contribution is 2.33. The molecule has 1 heterocycles. The number of aliphatic hydroxyl groups is 1. The van der Waals surface area contributed by atoms with Gasteiger partial charge in [-0.2, -0.15) is 0 Å². The lowest BCUT2D eigenvalue weighted by molar-refractivity contribution is 0.0423. The maximum Gasteiger partial charge on any atom is 0.414 e. The van der Waals surface area contributed by atoms with E-state index in [0.29, 0.717) is 19.6 Å². The lowest BCUT2D eigenvalue weighted by Crippen LogP contribution is -2.37. The normalized spacial score (nSPS) is 14.9. The molecule has 0 bridgehead atoms. The molecular weight excluding hydrogens is 304 g/mol. The predicted molar refractivity (Wildman–Crippen MR) is 96.4 cm³/mol. The van der Waals surface area contributed by atoms with Crippen molar-refractivity contribution in [3.05, 3.63) is 29.3 Å². The number of ether oxygens (including phenoxy) is 1. The van der Waals surface area contributed by atoms with Crippen molar-refractivity contribution in [2.45, 2.75) is 58.8 Å². The van der Waals surface area contributed by atoms with Crippen molar-refractivity contribution in [2.75, 3.05) is 25.0 Å². The van der Waals surface area contributed by atoms with Gasteiger partial charge in [0.05, 0.1) is 11.3 Å². The highest BCUT2D eigenvalue weighted by molar-refractivity contribution is 5.91. The summed E-state index contributed by atoms with van der Waals surface area (Å²) in [7, 11) is 1.98. The number of benzene rings is 1. The molecule has 5 heteroatoms. The maximum atomic E-state index is 12.5. The van der Waals surface area contributed by atoms with Crippen LogP contribution in [-0.4, -0.2) is 47.4 Å². The van der Waals surface area contributed by atoms with Crippen molar-refractivity contribution in [3.63, 3.8) is 0 Å². The molecule has 0 saturated carbocycles. The van der Waals surface area contributed by atoms with Crippen LogP contribution in [0.3, 0.4) is 0 Å². The summed E-state index contributed by atoms with van der Waals surface area (Å²) < 4.78 is 5.55. The minimum Gasteiger partial charge on any atom is -0.443 e. The van der Waals surface area contributed by atoms with Crippen LogP contribution < -0.4 is 4.90 Å². The van der Waals surface area contributed by atoms with Crippen LogP contribution in [0.1, 0.15) is 45.7 Å². The van der Waals surface area contributed by atoms with E-state index in [9.17, 15) is 9.90 Å². The minimum atomic E-state index is -0.752. The van der Waals surface area contributed by atoms with Gasteiger partial charge >= 0.3 is 6.09 Å².